The zero-order chi connectivity index (χ0) is 10.7. The Hall–Kier alpha value is -0.930. The fraction of sp³-hybridized carbons (Fsp3) is 0.222. The largest absolute Gasteiger partial charge is 0.548 e. The number of carboxylic acids is 1. The minimum Gasteiger partial charge on any atom is -0.548 e. The summed E-state index contributed by atoms with van der Waals surface area (Å²) in [4.78, 5) is 10.4. The first kappa shape index (κ1) is 11.1. The topological polar surface area (TPSA) is 52.2 Å². The molecular formula is C9H8Cl2NO2-. The molecule has 0 saturated carbocycles. The van der Waals surface area contributed by atoms with E-state index in [0.29, 0.717) is 15.7 Å². The molecule has 0 heterocycles. The molecule has 0 aliphatic rings. The second-order valence-electron chi connectivity index (χ2n) is 2.81. The summed E-state index contributed by atoms with van der Waals surface area (Å²) in [6.07, 6.45) is 0. The maximum absolute atomic E-state index is 10.4. The van der Waals surface area contributed by atoms with E-state index in [-0.39, 0.29) is 0 Å². The van der Waals surface area contributed by atoms with Crippen LogP contribution in [0.4, 0.5) is 5.69 Å². The Morgan fingerprint density at radius 3 is 2.57 bits per heavy atom. The number of anilines is 1. The molecular weight excluding hydrogens is 225 g/mol. The molecule has 0 unspecified atom stereocenters. The summed E-state index contributed by atoms with van der Waals surface area (Å²) < 4.78 is 0. The molecule has 0 aliphatic carbocycles. The van der Waals surface area contributed by atoms with Gasteiger partial charge in [-0.25, -0.2) is 0 Å². The van der Waals surface area contributed by atoms with Crippen molar-refractivity contribution in [1.29, 1.82) is 0 Å². The molecule has 0 bridgehead atoms. The monoisotopic (exact) mass is 232 g/mol. The predicted octanol–water partition coefficient (Wildman–Crippen LogP) is 1.54. The summed E-state index contributed by atoms with van der Waals surface area (Å²) in [6, 6.07) is 4.03. The molecule has 1 aromatic carbocycles. The van der Waals surface area contributed by atoms with Gasteiger partial charge in [-0.15, -0.1) is 0 Å². The van der Waals surface area contributed by atoms with Gasteiger partial charge in [0.25, 0.3) is 0 Å². The fourth-order valence-electron chi connectivity index (χ4n) is 0.895. The Morgan fingerprint density at radius 2 is 2.07 bits per heavy atom. The van der Waals surface area contributed by atoms with Crippen LogP contribution < -0.4 is 10.4 Å². The Bertz CT molecular complexity index is 355. The van der Waals surface area contributed by atoms with Crippen molar-refractivity contribution in [2.24, 2.45) is 0 Å². The van der Waals surface area contributed by atoms with E-state index >= 15 is 0 Å². The zero-order valence-corrected chi connectivity index (χ0v) is 8.89. The molecule has 0 saturated heterocycles. The molecule has 5 heteroatoms. The predicted molar refractivity (Wildman–Crippen MR) is 54.6 cm³/mol. The van der Waals surface area contributed by atoms with Gasteiger partial charge < -0.3 is 15.2 Å². The van der Waals surface area contributed by atoms with Crippen LogP contribution >= 0.6 is 23.2 Å². The first-order valence-electron chi connectivity index (χ1n) is 3.93. The highest BCUT2D eigenvalue weighted by atomic mass is 35.5. The highest BCUT2D eigenvalue weighted by Crippen LogP contribution is 2.25. The molecule has 0 aliphatic heterocycles. The zero-order valence-electron chi connectivity index (χ0n) is 7.38. The van der Waals surface area contributed by atoms with Gasteiger partial charge in [0.15, 0.2) is 0 Å². The first-order valence-corrected chi connectivity index (χ1v) is 4.68. The lowest BCUT2D eigenvalue weighted by Gasteiger charge is -2.16. The summed E-state index contributed by atoms with van der Waals surface area (Å²) in [5.41, 5.74) is 0.594. The number of nitrogens with one attached hydrogen (secondary N) is 1. The maximum Gasteiger partial charge on any atom is 0.0634 e. The molecule has 0 spiro atoms. The summed E-state index contributed by atoms with van der Waals surface area (Å²) in [5.74, 6) is -1.17. The number of carbonyl (C=O) groups is 1. The van der Waals surface area contributed by atoms with Crippen molar-refractivity contribution >= 4 is 34.9 Å². The number of aliphatic carboxylic acids is 1. The van der Waals surface area contributed by atoms with Gasteiger partial charge in [0.05, 0.1) is 22.1 Å². The van der Waals surface area contributed by atoms with Crippen molar-refractivity contribution in [2.75, 3.05) is 5.32 Å². The Balaban J connectivity index is 2.78. The second kappa shape index (κ2) is 4.53. The van der Waals surface area contributed by atoms with Crippen molar-refractivity contribution in [3.8, 4) is 0 Å². The molecule has 0 amide bonds. The van der Waals surface area contributed by atoms with Crippen LogP contribution in [0, 0.1) is 0 Å². The molecule has 14 heavy (non-hydrogen) atoms. The van der Waals surface area contributed by atoms with E-state index < -0.39 is 12.0 Å². The van der Waals surface area contributed by atoms with Gasteiger partial charge in [-0.1, -0.05) is 23.2 Å². The van der Waals surface area contributed by atoms with Crippen LogP contribution in [0.25, 0.3) is 0 Å². The van der Waals surface area contributed by atoms with E-state index in [2.05, 4.69) is 5.32 Å². The summed E-state index contributed by atoms with van der Waals surface area (Å²) in [7, 11) is 0. The lowest BCUT2D eigenvalue weighted by Crippen LogP contribution is -2.38. The normalized spacial score (nSPS) is 12.2. The van der Waals surface area contributed by atoms with Crippen LogP contribution in [-0.2, 0) is 4.79 Å². The molecule has 0 radical (unpaired) electrons. The minimum absolute atomic E-state index is 0.377. The van der Waals surface area contributed by atoms with Gasteiger partial charge in [-0.3, -0.25) is 0 Å². The van der Waals surface area contributed by atoms with Gasteiger partial charge in [0, 0.05) is 5.69 Å². The SMILES string of the molecule is C[C@@H](Nc1ccc(Cl)c(Cl)c1)C(=O)[O-]. The maximum atomic E-state index is 10.4. The van der Waals surface area contributed by atoms with Crippen LogP contribution in [0.3, 0.4) is 0 Å². The highest BCUT2D eigenvalue weighted by molar-refractivity contribution is 6.42. The van der Waals surface area contributed by atoms with Crippen LogP contribution in [0.2, 0.25) is 10.0 Å². The van der Waals surface area contributed by atoms with Crippen LogP contribution in [0.15, 0.2) is 18.2 Å². The van der Waals surface area contributed by atoms with Crippen molar-refractivity contribution in [3.05, 3.63) is 28.2 Å². The van der Waals surface area contributed by atoms with E-state index in [4.69, 9.17) is 23.2 Å². The Labute approximate surface area is 91.6 Å². The molecule has 1 atom stereocenters. The van der Waals surface area contributed by atoms with E-state index in [1.165, 1.54) is 6.92 Å². The molecule has 0 fully saturated rings. The number of hydrogen-bond acceptors (Lipinski definition) is 3. The van der Waals surface area contributed by atoms with Crippen molar-refractivity contribution in [2.45, 2.75) is 13.0 Å². The third-order valence-corrected chi connectivity index (χ3v) is 2.40. The summed E-state index contributed by atoms with van der Waals surface area (Å²) in [5, 5.41) is 13.9. The fourth-order valence-corrected chi connectivity index (χ4v) is 1.19. The van der Waals surface area contributed by atoms with Gasteiger partial charge in [-0.05, 0) is 25.1 Å². The summed E-state index contributed by atoms with van der Waals surface area (Å²) in [6.45, 7) is 1.48. The minimum atomic E-state index is -1.17. The molecule has 1 rings (SSSR count). The van der Waals surface area contributed by atoms with Crippen LogP contribution in [0.1, 0.15) is 6.92 Å². The lowest BCUT2D eigenvalue weighted by molar-refractivity contribution is -0.306. The Morgan fingerprint density at radius 1 is 1.43 bits per heavy atom. The number of rotatable bonds is 3. The third-order valence-electron chi connectivity index (χ3n) is 1.66. The average Bonchev–Trinajstić information content (AvgIpc) is 2.11. The third kappa shape index (κ3) is 2.79. The number of halogens is 2. The average molecular weight is 233 g/mol. The van der Waals surface area contributed by atoms with Gasteiger partial charge in [-0.2, -0.15) is 0 Å². The van der Waals surface area contributed by atoms with Crippen molar-refractivity contribution < 1.29 is 9.90 Å². The van der Waals surface area contributed by atoms with Crippen molar-refractivity contribution in [3.63, 3.8) is 0 Å². The van der Waals surface area contributed by atoms with Gasteiger partial charge in [0.2, 0.25) is 0 Å². The van der Waals surface area contributed by atoms with Crippen LogP contribution in [-0.4, -0.2) is 12.0 Å². The smallest absolute Gasteiger partial charge is 0.0634 e. The van der Waals surface area contributed by atoms with E-state index in [9.17, 15) is 9.90 Å². The number of carbonyl (C=O) groups excluding carboxylic acids is 1. The van der Waals surface area contributed by atoms with E-state index in [1.807, 2.05) is 0 Å². The first-order chi connectivity index (χ1) is 6.50. The Kier molecular flexibility index (Phi) is 3.61. The van der Waals surface area contributed by atoms with Crippen LogP contribution in [0.5, 0.6) is 0 Å². The van der Waals surface area contributed by atoms with Gasteiger partial charge in [0.1, 0.15) is 0 Å². The van der Waals surface area contributed by atoms with Gasteiger partial charge >= 0.3 is 0 Å². The standard InChI is InChI=1S/C9H9Cl2NO2/c1-5(9(13)14)12-6-2-3-7(10)8(11)4-6/h2-5,12H,1H3,(H,13,14)/p-1/t5-/m1/s1. The highest BCUT2D eigenvalue weighted by Gasteiger charge is 2.04. The number of hydrogen-bond donors (Lipinski definition) is 1. The van der Waals surface area contributed by atoms with E-state index in [0.717, 1.165) is 0 Å². The second-order valence-corrected chi connectivity index (χ2v) is 3.63. The van der Waals surface area contributed by atoms with Crippen molar-refractivity contribution in [1.82, 2.24) is 0 Å². The number of carboxylic acid groups (broad SMARTS) is 1. The molecule has 0 aromatic heterocycles. The lowest BCUT2D eigenvalue weighted by atomic mass is 10.2. The molecule has 1 N–H and O–H groups in total. The van der Waals surface area contributed by atoms with E-state index in [1.54, 1.807) is 18.2 Å². The summed E-state index contributed by atoms with van der Waals surface area (Å²) >= 11 is 11.4. The number of benzene rings is 1. The molecule has 3 nitrogen and oxygen atoms in total. The molecule has 1 aromatic rings. The quantitative estimate of drug-likeness (QED) is 0.861. The molecule has 76 valence electrons.